The van der Waals surface area contributed by atoms with Crippen LogP contribution < -0.4 is 5.32 Å². The Hall–Kier alpha value is -0.890. The predicted molar refractivity (Wildman–Crippen MR) is 73.1 cm³/mol. The second kappa shape index (κ2) is 6.75. The molecule has 0 radical (unpaired) electrons. The highest BCUT2D eigenvalue weighted by Gasteiger charge is 2.14. The second-order valence-electron chi connectivity index (χ2n) is 4.82. The zero-order valence-corrected chi connectivity index (χ0v) is 11.8. The third-order valence-electron chi connectivity index (χ3n) is 2.87. The van der Waals surface area contributed by atoms with Crippen molar-refractivity contribution in [3.63, 3.8) is 0 Å². The van der Waals surface area contributed by atoms with Crippen LogP contribution in [-0.4, -0.2) is 31.6 Å². The van der Waals surface area contributed by atoms with Crippen molar-refractivity contribution in [1.82, 2.24) is 10.2 Å². The number of thiophene rings is 1. The Labute approximate surface area is 108 Å². The summed E-state index contributed by atoms with van der Waals surface area (Å²) in [7, 11) is 4.23. The van der Waals surface area contributed by atoms with Gasteiger partial charge in [-0.2, -0.15) is 5.26 Å². The lowest BCUT2D eigenvalue weighted by atomic mass is 10.0. The van der Waals surface area contributed by atoms with E-state index in [-0.39, 0.29) is 0 Å². The molecule has 1 atom stereocenters. The van der Waals surface area contributed by atoms with Crippen molar-refractivity contribution in [2.45, 2.75) is 26.4 Å². The maximum absolute atomic E-state index is 8.74. The first-order valence-electron chi connectivity index (χ1n) is 5.89. The zero-order valence-electron chi connectivity index (χ0n) is 11.0. The number of rotatable bonds is 6. The van der Waals surface area contributed by atoms with Crippen molar-refractivity contribution in [2.24, 2.45) is 5.92 Å². The Bertz CT molecular complexity index is 368. The van der Waals surface area contributed by atoms with Crippen LogP contribution in [0.15, 0.2) is 11.4 Å². The SMILES string of the molecule is CC(C)C(CNCc1cc(C#N)cs1)N(C)C. The Kier molecular flexibility index (Phi) is 5.63. The summed E-state index contributed by atoms with van der Waals surface area (Å²) in [6, 6.07) is 4.66. The predicted octanol–water partition coefficient (Wildman–Crippen LogP) is 2.30. The second-order valence-corrected chi connectivity index (χ2v) is 5.82. The molecule has 0 fully saturated rings. The topological polar surface area (TPSA) is 39.1 Å². The number of hydrogen-bond donors (Lipinski definition) is 1. The molecule has 0 aromatic carbocycles. The molecule has 0 bridgehead atoms. The van der Waals surface area contributed by atoms with Gasteiger partial charge in [0.15, 0.2) is 0 Å². The molecule has 1 unspecified atom stereocenters. The van der Waals surface area contributed by atoms with Gasteiger partial charge in [0.2, 0.25) is 0 Å². The Morgan fingerprint density at radius 3 is 2.65 bits per heavy atom. The Balaban J connectivity index is 2.38. The van der Waals surface area contributed by atoms with Gasteiger partial charge in [0, 0.05) is 29.4 Å². The molecule has 94 valence electrons. The molecule has 1 heterocycles. The fourth-order valence-electron chi connectivity index (χ4n) is 1.89. The van der Waals surface area contributed by atoms with Crippen molar-refractivity contribution >= 4 is 11.3 Å². The van der Waals surface area contributed by atoms with Crippen molar-refractivity contribution in [1.29, 1.82) is 5.26 Å². The normalized spacial score (nSPS) is 13.0. The first kappa shape index (κ1) is 14.2. The van der Waals surface area contributed by atoms with Crippen LogP contribution in [0.3, 0.4) is 0 Å². The van der Waals surface area contributed by atoms with E-state index in [2.05, 4.69) is 44.2 Å². The highest BCUT2D eigenvalue weighted by Crippen LogP contribution is 2.13. The molecule has 1 rings (SSSR count). The molecule has 3 nitrogen and oxygen atoms in total. The van der Waals surface area contributed by atoms with Crippen LogP contribution in [0, 0.1) is 17.2 Å². The molecule has 0 spiro atoms. The number of nitrogens with one attached hydrogen (secondary N) is 1. The molecule has 17 heavy (non-hydrogen) atoms. The molecule has 0 aliphatic carbocycles. The van der Waals surface area contributed by atoms with Crippen molar-refractivity contribution in [3.8, 4) is 6.07 Å². The van der Waals surface area contributed by atoms with Gasteiger partial charge in [-0.05, 0) is 26.1 Å². The summed E-state index contributed by atoms with van der Waals surface area (Å²) < 4.78 is 0. The molecule has 1 aromatic rings. The number of hydrogen-bond acceptors (Lipinski definition) is 4. The van der Waals surface area contributed by atoms with Crippen LogP contribution in [-0.2, 0) is 6.54 Å². The Morgan fingerprint density at radius 1 is 1.47 bits per heavy atom. The van der Waals surface area contributed by atoms with Crippen LogP contribution in [0.4, 0.5) is 0 Å². The van der Waals surface area contributed by atoms with Crippen LogP contribution in [0.25, 0.3) is 0 Å². The van der Waals surface area contributed by atoms with Crippen LogP contribution in [0.2, 0.25) is 0 Å². The van der Waals surface area contributed by atoms with Gasteiger partial charge >= 0.3 is 0 Å². The summed E-state index contributed by atoms with van der Waals surface area (Å²) in [5, 5.41) is 14.1. The fourth-order valence-corrected chi connectivity index (χ4v) is 2.67. The van der Waals surface area contributed by atoms with E-state index in [1.807, 2.05) is 11.4 Å². The fraction of sp³-hybridized carbons (Fsp3) is 0.615. The Morgan fingerprint density at radius 2 is 2.18 bits per heavy atom. The van der Waals surface area contributed by atoms with Gasteiger partial charge in [-0.3, -0.25) is 0 Å². The largest absolute Gasteiger partial charge is 0.310 e. The van der Waals surface area contributed by atoms with Gasteiger partial charge in [0.1, 0.15) is 6.07 Å². The highest BCUT2D eigenvalue weighted by molar-refractivity contribution is 7.10. The molecule has 0 amide bonds. The maximum Gasteiger partial charge on any atom is 0.100 e. The molecule has 0 saturated carbocycles. The van der Waals surface area contributed by atoms with Crippen molar-refractivity contribution in [2.75, 3.05) is 20.6 Å². The first-order valence-corrected chi connectivity index (χ1v) is 6.77. The summed E-state index contributed by atoms with van der Waals surface area (Å²) in [6.45, 7) is 6.31. The van der Waals surface area contributed by atoms with Gasteiger partial charge in [0.05, 0.1) is 5.56 Å². The van der Waals surface area contributed by atoms with Crippen LogP contribution in [0.1, 0.15) is 24.3 Å². The third-order valence-corrected chi connectivity index (χ3v) is 3.81. The summed E-state index contributed by atoms with van der Waals surface area (Å²) in [4.78, 5) is 3.48. The molecule has 0 aliphatic heterocycles. The average molecular weight is 251 g/mol. The van der Waals surface area contributed by atoms with E-state index >= 15 is 0 Å². The molecule has 1 aromatic heterocycles. The molecule has 0 aliphatic rings. The van der Waals surface area contributed by atoms with E-state index in [1.54, 1.807) is 11.3 Å². The molecule has 4 heteroatoms. The summed E-state index contributed by atoms with van der Waals surface area (Å²) in [5.74, 6) is 0.635. The van der Waals surface area contributed by atoms with Crippen LogP contribution >= 0.6 is 11.3 Å². The number of nitriles is 1. The van der Waals surface area contributed by atoms with E-state index < -0.39 is 0 Å². The summed E-state index contributed by atoms with van der Waals surface area (Å²) in [5.41, 5.74) is 0.764. The maximum atomic E-state index is 8.74. The van der Waals surface area contributed by atoms with Gasteiger partial charge in [-0.1, -0.05) is 13.8 Å². The zero-order chi connectivity index (χ0) is 12.8. The van der Waals surface area contributed by atoms with E-state index in [4.69, 9.17) is 5.26 Å². The minimum Gasteiger partial charge on any atom is -0.310 e. The molecular weight excluding hydrogens is 230 g/mol. The van der Waals surface area contributed by atoms with Gasteiger partial charge in [-0.15, -0.1) is 11.3 Å². The number of likely N-dealkylation sites (N-methyl/N-ethyl adjacent to an activating group) is 1. The number of nitrogens with zero attached hydrogens (tertiary/aromatic N) is 2. The van der Waals surface area contributed by atoms with Crippen molar-refractivity contribution in [3.05, 3.63) is 21.9 Å². The molecular formula is C13H21N3S. The summed E-state index contributed by atoms with van der Waals surface area (Å²) in [6.07, 6.45) is 0. The quantitative estimate of drug-likeness (QED) is 0.843. The van der Waals surface area contributed by atoms with Gasteiger partial charge in [-0.25, -0.2) is 0 Å². The van der Waals surface area contributed by atoms with E-state index in [9.17, 15) is 0 Å². The summed E-state index contributed by atoms with van der Waals surface area (Å²) >= 11 is 1.64. The van der Waals surface area contributed by atoms with E-state index in [1.165, 1.54) is 4.88 Å². The van der Waals surface area contributed by atoms with Gasteiger partial charge in [0.25, 0.3) is 0 Å². The lowest BCUT2D eigenvalue weighted by Crippen LogP contribution is -2.41. The van der Waals surface area contributed by atoms with Crippen molar-refractivity contribution < 1.29 is 0 Å². The van der Waals surface area contributed by atoms with E-state index in [0.29, 0.717) is 12.0 Å². The third kappa shape index (κ3) is 4.47. The standard InChI is InChI=1S/C13H21N3S/c1-10(2)13(16(3)4)8-15-7-12-5-11(6-14)9-17-12/h5,9-10,13,15H,7-8H2,1-4H3. The minimum absolute atomic E-state index is 0.547. The first-order chi connectivity index (χ1) is 8.04. The average Bonchev–Trinajstić information content (AvgIpc) is 2.71. The molecule has 0 saturated heterocycles. The molecule has 1 N–H and O–H groups in total. The van der Waals surface area contributed by atoms with Crippen LogP contribution in [0.5, 0.6) is 0 Å². The lowest BCUT2D eigenvalue weighted by molar-refractivity contribution is 0.224. The lowest BCUT2D eigenvalue weighted by Gasteiger charge is -2.28. The minimum atomic E-state index is 0.547. The smallest absolute Gasteiger partial charge is 0.100 e. The monoisotopic (exact) mass is 251 g/mol. The van der Waals surface area contributed by atoms with Gasteiger partial charge < -0.3 is 10.2 Å². The van der Waals surface area contributed by atoms with E-state index in [0.717, 1.165) is 18.7 Å². The highest BCUT2D eigenvalue weighted by atomic mass is 32.1.